The van der Waals surface area contributed by atoms with E-state index in [-0.39, 0.29) is 25.5 Å². The average molecular weight is 396 g/mol. The molecule has 0 aliphatic rings. The molecule has 0 bridgehead atoms. The van der Waals surface area contributed by atoms with Crippen molar-refractivity contribution in [3.8, 4) is 5.75 Å². The largest absolute Gasteiger partial charge is 0.484 e. The fourth-order valence-electron chi connectivity index (χ4n) is 2.30. The highest BCUT2D eigenvalue weighted by Crippen LogP contribution is 2.25. The first kappa shape index (κ1) is 20.1. The van der Waals surface area contributed by atoms with E-state index in [4.69, 9.17) is 32.7 Å². The van der Waals surface area contributed by atoms with Crippen LogP contribution in [-0.2, 0) is 14.3 Å². The molecule has 7 heteroatoms. The van der Waals surface area contributed by atoms with Crippen LogP contribution in [-0.4, -0.2) is 25.1 Å². The molecule has 0 unspecified atom stereocenters. The number of amides is 1. The quantitative estimate of drug-likeness (QED) is 0.680. The highest BCUT2D eigenvalue weighted by atomic mass is 35.5. The van der Waals surface area contributed by atoms with Gasteiger partial charge in [0, 0.05) is 10.0 Å². The Morgan fingerprint density at radius 2 is 1.77 bits per heavy atom. The zero-order chi connectivity index (χ0) is 18.9. The lowest BCUT2D eigenvalue weighted by molar-refractivity contribution is -0.143. The highest BCUT2D eigenvalue weighted by molar-refractivity contribution is 6.31. The number of carbonyl (C=O) groups excluding carboxylic acids is 2. The van der Waals surface area contributed by atoms with Crippen LogP contribution < -0.4 is 10.1 Å². The molecule has 5 nitrogen and oxygen atoms in total. The summed E-state index contributed by atoms with van der Waals surface area (Å²) >= 11 is 12.0. The molecule has 0 spiro atoms. The van der Waals surface area contributed by atoms with Crippen LogP contribution in [0.2, 0.25) is 10.0 Å². The molecule has 2 aromatic carbocycles. The third kappa shape index (κ3) is 6.24. The van der Waals surface area contributed by atoms with E-state index in [1.54, 1.807) is 55.5 Å². The summed E-state index contributed by atoms with van der Waals surface area (Å²) < 4.78 is 10.4. The monoisotopic (exact) mass is 395 g/mol. The van der Waals surface area contributed by atoms with Gasteiger partial charge in [-0.15, -0.1) is 0 Å². The Bertz CT molecular complexity index is 749. The van der Waals surface area contributed by atoms with Crippen LogP contribution in [0.4, 0.5) is 0 Å². The van der Waals surface area contributed by atoms with Crippen LogP contribution in [0.25, 0.3) is 0 Å². The number of ether oxygens (including phenoxy) is 2. The Labute approximate surface area is 162 Å². The second-order valence-electron chi connectivity index (χ2n) is 5.39. The first-order valence-corrected chi connectivity index (χ1v) is 8.83. The van der Waals surface area contributed by atoms with Crippen LogP contribution in [0.1, 0.15) is 24.9 Å². The SMILES string of the molecule is CCOC(=O)C[C@@H](NC(=O)COc1ccc(Cl)cc1)c1ccccc1Cl. The second-order valence-corrected chi connectivity index (χ2v) is 6.24. The molecule has 0 aromatic heterocycles. The topological polar surface area (TPSA) is 64.6 Å². The highest BCUT2D eigenvalue weighted by Gasteiger charge is 2.21. The van der Waals surface area contributed by atoms with Crippen molar-refractivity contribution in [2.75, 3.05) is 13.2 Å². The molecule has 0 heterocycles. The van der Waals surface area contributed by atoms with Crippen molar-refractivity contribution in [2.45, 2.75) is 19.4 Å². The summed E-state index contributed by atoms with van der Waals surface area (Å²) in [6.45, 7) is 1.79. The number of carbonyl (C=O) groups is 2. The number of rotatable bonds is 8. The summed E-state index contributed by atoms with van der Waals surface area (Å²) in [4.78, 5) is 24.1. The second kappa shape index (κ2) is 10.0. The third-order valence-electron chi connectivity index (χ3n) is 3.48. The van der Waals surface area contributed by atoms with Crippen molar-refractivity contribution in [1.29, 1.82) is 0 Å². The van der Waals surface area contributed by atoms with E-state index in [0.29, 0.717) is 21.4 Å². The van der Waals surface area contributed by atoms with Gasteiger partial charge in [0.25, 0.3) is 5.91 Å². The molecule has 2 aromatic rings. The molecule has 0 saturated heterocycles. The minimum atomic E-state index is -0.607. The average Bonchev–Trinajstić information content (AvgIpc) is 2.61. The van der Waals surface area contributed by atoms with Crippen LogP contribution in [0.15, 0.2) is 48.5 Å². The summed E-state index contributed by atoms with van der Waals surface area (Å²) in [6, 6.07) is 13.1. The smallest absolute Gasteiger partial charge is 0.308 e. The van der Waals surface area contributed by atoms with E-state index in [2.05, 4.69) is 5.32 Å². The van der Waals surface area contributed by atoms with Crippen molar-refractivity contribution < 1.29 is 19.1 Å². The molecular weight excluding hydrogens is 377 g/mol. The van der Waals surface area contributed by atoms with Gasteiger partial charge in [-0.1, -0.05) is 41.4 Å². The molecule has 1 amide bonds. The molecular formula is C19H19Cl2NO4. The van der Waals surface area contributed by atoms with Gasteiger partial charge in [-0.2, -0.15) is 0 Å². The van der Waals surface area contributed by atoms with Crippen molar-refractivity contribution in [3.05, 3.63) is 64.1 Å². The number of hydrogen-bond acceptors (Lipinski definition) is 4. The van der Waals surface area contributed by atoms with E-state index in [9.17, 15) is 9.59 Å². The summed E-state index contributed by atoms with van der Waals surface area (Å²) in [5.41, 5.74) is 0.641. The van der Waals surface area contributed by atoms with Crippen molar-refractivity contribution >= 4 is 35.1 Å². The van der Waals surface area contributed by atoms with Crippen LogP contribution in [0.3, 0.4) is 0 Å². The molecule has 0 aliphatic heterocycles. The lowest BCUT2D eigenvalue weighted by Crippen LogP contribution is -2.34. The third-order valence-corrected chi connectivity index (χ3v) is 4.07. The predicted molar refractivity (Wildman–Crippen MR) is 101 cm³/mol. The molecule has 26 heavy (non-hydrogen) atoms. The lowest BCUT2D eigenvalue weighted by Gasteiger charge is -2.19. The maximum Gasteiger partial charge on any atom is 0.308 e. The van der Waals surface area contributed by atoms with Crippen LogP contribution in [0, 0.1) is 0 Å². The van der Waals surface area contributed by atoms with Gasteiger partial charge in [0.15, 0.2) is 6.61 Å². The molecule has 0 fully saturated rings. The molecule has 0 saturated carbocycles. The maximum atomic E-state index is 12.3. The Morgan fingerprint density at radius 1 is 1.08 bits per heavy atom. The van der Waals surface area contributed by atoms with Gasteiger partial charge >= 0.3 is 5.97 Å². The van der Waals surface area contributed by atoms with E-state index >= 15 is 0 Å². The number of halogens is 2. The predicted octanol–water partition coefficient (Wildman–Crippen LogP) is 4.18. The minimum absolute atomic E-state index is 0.0236. The fraction of sp³-hybridized carbons (Fsp3) is 0.263. The van der Waals surface area contributed by atoms with E-state index in [0.717, 1.165) is 0 Å². The van der Waals surface area contributed by atoms with Gasteiger partial charge in [0.05, 0.1) is 19.1 Å². The summed E-state index contributed by atoms with van der Waals surface area (Å²) in [5, 5.41) is 3.81. The zero-order valence-electron chi connectivity index (χ0n) is 14.2. The molecule has 0 radical (unpaired) electrons. The Kier molecular flexibility index (Phi) is 7.75. The van der Waals surface area contributed by atoms with Gasteiger partial charge in [-0.25, -0.2) is 0 Å². The van der Waals surface area contributed by atoms with E-state index in [1.807, 2.05) is 0 Å². The van der Waals surface area contributed by atoms with Gasteiger partial charge in [0.2, 0.25) is 0 Å². The molecule has 1 N–H and O–H groups in total. The van der Waals surface area contributed by atoms with E-state index < -0.39 is 12.0 Å². The number of hydrogen-bond donors (Lipinski definition) is 1. The van der Waals surface area contributed by atoms with Gasteiger partial charge in [-0.3, -0.25) is 9.59 Å². The Balaban J connectivity index is 2.02. The van der Waals surface area contributed by atoms with E-state index in [1.165, 1.54) is 0 Å². The van der Waals surface area contributed by atoms with Crippen molar-refractivity contribution in [2.24, 2.45) is 0 Å². The molecule has 1 atom stereocenters. The van der Waals surface area contributed by atoms with Crippen molar-refractivity contribution in [1.82, 2.24) is 5.32 Å². The van der Waals surface area contributed by atoms with Gasteiger partial charge < -0.3 is 14.8 Å². The summed E-state index contributed by atoms with van der Waals surface area (Å²) in [6.07, 6.45) is -0.0236. The van der Waals surface area contributed by atoms with Crippen molar-refractivity contribution in [3.63, 3.8) is 0 Å². The van der Waals surface area contributed by atoms with Gasteiger partial charge in [-0.05, 0) is 42.8 Å². The number of nitrogens with one attached hydrogen (secondary N) is 1. The first-order chi connectivity index (χ1) is 12.5. The Hall–Kier alpha value is -2.24. The zero-order valence-corrected chi connectivity index (χ0v) is 15.7. The maximum absolute atomic E-state index is 12.3. The first-order valence-electron chi connectivity index (χ1n) is 8.07. The minimum Gasteiger partial charge on any atom is -0.484 e. The summed E-state index contributed by atoms with van der Waals surface area (Å²) in [5.74, 6) is -0.283. The molecule has 138 valence electrons. The number of benzene rings is 2. The lowest BCUT2D eigenvalue weighted by atomic mass is 10.0. The molecule has 0 aliphatic carbocycles. The number of esters is 1. The standard InChI is InChI=1S/C19H19Cl2NO4/c1-2-25-19(24)11-17(15-5-3-4-6-16(15)21)22-18(23)12-26-14-9-7-13(20)8-10-14/h3-10,17H,2,11-12H2,1H3,(H,22,23)/t17-/m1/s1. The van der Waals surface area contributed by atoms with Crippen LogP contribution >= 0.6 is 23.2 Å². The van der Waals surface area contributed by atoms with Crippen LogP contribution in [0.5, 0.6) is 5.75 Å². The normalized spacial score (nSPS) is 11.5. The Morgan fingerprint density at radius 3 is 2.42 bits per heavy atom. The van der Waals surface area contributed by atoms with Gasteiger partial charge in [0.1, 0.15) is 5.75 Å². The fourth-order valence-corrected chi connectivity index (χ4v) is 2.69. The summed E-state index contributed by atoms with van der Waals surface area (Å²) in [7, 11) is 0. The molecule has 2 rings (SSSR count).